The van der Waals surface area contributed by atoms with Crippen molar-refractivity contribution in [2.24, 2.45) is 5.92 Å². The maximum Gasteiger partial charge on any atom is 0.256 e. The van der Waals surface area contributed by atoms with Gasteiger partial charge in [0.15, 0.2) is 0 Å². The molecule has 2 rings (SSSR count). The lowest BCUT2D eigenvalue weighted by Crippen LogP contribution is -2.41. The second-order valence-corrected chi connectivity index (χ2v) is 6.72. The lowest BCUT2D eigenvalue weighted by molar-refractivity contribution is -0.121. The van der Waals surface area contributed by atoms with Crippen molar-refractivity contribution in [3.63, 3.8) is 0 Å². The molecule has 0 bridgehead atoms. The molecule has 5 nitrogen and oxygen atoms in total. The number of hydrogen-bond acceptors (Lipinski definition) is 4. The molecule has 2 amide bonds. The highest BCUT2D eigenvalue weighted by Crippen LogP contribution is 2.22. The molecular weight excluding hydrogens is 322 g/mol. The van der Waals surface area contributed by atoms with Gasteiger partial charge in [-0.1, -0.05) is 6.08 Å². The lowest BCUT2D eigenvalue weighted by atomic mass is 9.96. The number of piperidine rings is 1. The van der Waals surface area contributed by atoms with Gasteiger partial charge in [0.25, 0.3) is 5.91 Å². The fraction of sp³-hybridized carbons (Fsp3) is 0.500. The Morgan fingerprint density at radius 3 is 2.88 bits per heavy atom. The first-order chi connectivity index (χ1) is 11.7. The molecule has 1 fully saturated rings. The molecule has 24 heavy (non-hydrogen) atoms. The number of aromatic nitrogens is 1. The van der Waals surface area contributed by atoms with Gasteiger partial charge in [-0.05, 0) is 43.6 Å². The Morgan fingerprint density at radius 1 is 1.46 bits per heavy atom. The number of amides is 2. The van der Waals surface area contributed by atoms with Gasteiger partial charge in [-0.25, -0.2) is 4.98 Å². The number of hydrogen-bond donors (Lipinski definition) is 1. The van der Waals surface area contributed by atoms with Crippen LogP contribution in [0.5, 0.6) is 0 Å². The molecule has 1 N–H and O–H groups in total. The molecule has 6 heteroatoms. The maximum atomic E-state index is 12.7. The van der Waals surface area contributed by atoms with E-state index in [0.717, 1.165) is 31.0 Å². The van der Waals surface area contributed by atoms with Gasteiger partial charge in [-0.2, -0.15) is 0 Å². The van der Waals surface area contributed by atoms with Crippen LogP contribution in [0.15, 0.2) is 36.0 Å². The molecule has 130 valence electrons. The molecule has 0 spiro atoms. The SMILES string of the molecule is C=CCCC(=O)NCC1CCN(C(=O)c2cccnc2SC)CC1. The molecule has 1 aromatic rings. The Bertz CT molecular complexity index is 583. The van der Waals surface area contributed by atoms with Crippen LogP contribution in [-0.4, -0.2) is 47.6 Å². The molecular formula is C18H25N3O2S. The predicted octanol–water partition coefficient (Wildman–Crippen LogP) is 2.74. The van der Waals surface area contributed by atoms with Crippen molar-refractivity contribution >= 4 is 23.6 Å². The average Bonchev–Trinajstić information content (AvgIpc) is 2.64. The Hall–Kier alpha value is -1.82. The second-order valence-electron chi connectivity index (χ2n) is 5.93. The Morgan fingerprint density at radius 2 is 2.21 bits per heavy atom. The first kappa shape index (κ1) is 18.5. The summed E-state index contributed by atoms with van der Waals surface area (Å²) < 4.78 is 0. The summed E-state index contributed by atoms with van der Waals surface area (Å²) in [6.45, 7) is 5.78. The third kappa shape index (κ3) is 5.09. The molecule has 1 aliphatic rings. The van der Waals surface area contributed by atoms with Crippen molar-refractivity contribution in [3.05, 3.63) is 36.5 Å². The minimum atomic E-state index is 0.0564. The summed E-state index contributed by atoms with van der Waals surface area (Å²) in [5.41, 5.74) is 0.682. The van der Waals surface area contributed by atoms with Gasteiger partial charge in [0.2, 0.25) is 5.91 Å². The van der Waals surface area contributed by atoms with Crippen molar-refractivity contribution in [1.29, 1.82) is 0 Å². The van der Waals surface area contributed by atoms with Crippen LogP contribution in [0.3, 0.4) is 0 Å². The van der Waals surface area contributed by atoms with Crippen LogP contribution in [-0.2, 0) is 4.79 Å². The van der Waals surface area contributed by atoms with E-state index in [1.54, 1.807) is 18.3 Å². The number of nitrogens with one attached hydrogen (secondary N) is 1. The van der Waals surface area contributed by atoms with E-state index in [1.807, 2.05) is 17.2 Å². The standard InChI is InChI=1S/C18H25N3O2S/c1-3-4-7-16(22)20-13-14-8-11-21(12-9-14)18(23)15-6-5-10-19-17(15)24-2/h3,5-6,10,14H,1,4,7-9,11-13H2,2H3,(H,20,22). The fourth-order valence-electron chi connectivity index (χ4n) is 2.81. The van der Waals surface area contributed by atoms with Crippen LogP contribution >= 0.6 is 11.8 Å². The van der Waals surface area contributed by atoms with Crippen molar-refractivity contribution in [1.82, 2.24) is 15.2 Å². The Labute approximate surface area is 147 Å². The molecule has 0 unspecified atom stereocenters. The van der Waals surface area contributed by atoms with Crippen LogP contribution in [0.25, 0.3) is 0 Å². The van der Waals surface area contributed by atoms with Gasteiger partial charge >= 0.3 is 0 Å². The fourth-order valence-corrected chi connectivity index (χ4v) is 3.35. The second kappa shape index (κ2) is 9.47. The zero-order chi connectivity index (χ0) is 17.4. The van der Waals surface area contributed by atoms with Crippen LogP contribution in [0.1, 0.15) is 36.0 Å². The number of thioether (sulfide) groups is 1. The van der Waals surface area contributed by atoms with Gasteiger partial charge in [0.05, 0.1) is 5.56 Å². The Balaban J connectivity index is 1.81. The largest absolute Gasteiger partial charge is 0.356 e. The first-order valence-electron chi connectivity index (χ1n) is 8.31. The van der Waals surface area contributed by atoms with Crippen molar-refractivity contribution in [2.75, 3.05) is 25.9 Å². The summed E-state index contributed by atoms with van der Waals surface area (Å²) in [6, 6.07) is 3.64. The van der Waals surface area contributed by atoms with Gasteiger partial charge in [-0.15, -0.1) is 18.3 Å². The minimum Gasteiger partial charge on any atom is -0.356 e. The number of allylic oxidation sites excluding steroid dienone is 1. The number of rotatable bonds is 7. The molecule has 0 atom stereocenters. The number of nitrogens with zero attached hydrogens (tertiary/aromatic N) is 2. The smallest absolute Gasteiger partial charge is 0.256 e. The number of likely N-dealkylation sites (tertiary alicyclic amines) is 1. The molecule has 0 radical (unpaired) electrons. The maximum absolute atomic E-state index is 12.7. The predicted molar refractivity (Wildman–Crippen MR) is 97.1 cm³/mol. The topological polar surface area (TPSA) is 62.3 Å². The van der Waals surface area contributed by atoms with Crippen LogP contribution in [0.2, 0.25) is 0 Å². The highest BCUT2D eigenvalue weighted by Gasteiger charge is 2.25. The van der Waals surface area contributed by atoms with Gasteiger partial charge in [0, 0.05) is 32.3 Å². The third-order valence-corrected chi connectivity index (χ3v) is 4.97. The van der Waals surface area contributed by atoms with E-state index in [0.29, 0.717) is 30.9 Å². The van der Waals surface area contributed by atoms with E-state index in [9.17, 15) is 9.59 Å². The van der Waals surface area contributed by atoms with E-state index in [1.165, 1.54) is 11.8 Å². The third-order valence-electron chi connectivity index (χ3n) is 4.26. The summed E-state index contributed by atoms with van der Waals surface area (Å²) in [5, 5.41) is 3.75. The van der Waals surface area contributed by atoms with Gasteiger partial charge in [-0.3, -0.25) is 9.59 Å². The number of carbonyl (C=O) groups excluding carboxylic acids is 2. The van der Waals surface area contributed by atoms with E-state index < -0.39 is 0 Å². The van der Waals surface area contributed by atoms with E-state index >= 15 is 0 Å². The van der Waals surface area contributed by atoms with Gasteiger partial charge < -0.3 is 10.2 Å². The summed E-state index contributed by atoms with van der Waals surface area (Å²) in [4.78, 5) is 30.5. The van der Waals surface area contributed by atoms with Gasteiger partial charge in [0.1, 0.15) is 5.03 Å². The molecule has 1 aromatic heterocycles. The molecule has 0 aromatic carbocycles. The highest BCUT2D eigenvalue weighted by molar-refractivity contribution is 7.98. The molecule has 0 saturated carbocycles. The normalized spacial score (nSPS) is 15.1. The Kier molecular flexibility index (Phi) is 7.31. The monoisotopic (exact) mass is 347 g/mol. The van der Waals surface area contributed by atoms with E-state index in [-0.39, 0.29) is 11.8 Å². The summed E-state index contributed by atoms with van der Waals surface area (Å²) in [6.07, 6.45) is 8.45. The average molecular weight is 347 g/mol. The molecule has 1 saturated heterocycles. The lowest BCUT2D eigenvalue weighted by Gasteiger charge is -2.32. The molecule has 0 aliphatic carbocycles. The van der Waals surface area contributed by atoms with Crippen LogP contribution < -0.4 is 5.32 Å². The first-order valence-corrected chi connectivity index (χ1v) is 9.54. The molecule has 1 aliphatic heterocycles. The number of pyridine rings is 1. The van der Waals surface area contributed by atoms with Crippen LogP contribution in [0, 0.1) is 5.92 Å². The summed E-state index contributed by atoms with van der Waals surface area (Å²) in [7, 11) is 0. The van der Waals surface area contributed by atoms with E-state index in [4.69, 9.17) is 0 Å². The van der Waals surface area contributed by atoms with Crippen molar-refractivity contribution in [2.45, 2.75) is 30.7 Å². The molecule has 2 heterocycles. The summed E-state index contributed by atoms with van der Waals surface area (Å²) in [5.74, 6) is 0.574. The van der Waals surface area contributed by atoms with Crippen molar-refractivity contribution < 1.29 is 9.59 Å². The highest BCUT2D eigenvalue weighted by atomic mass is 32.2. The van der Waals surface area contributed by atoms with Crippen molar-refractivity contribution in [3.8, 4) is 0 Å². The zero-order valence-electron chi connectivity index (χ0n) is 14.2. The zero-order valence-corrected chi connectivity index (χ0v) is 15.0. The summed E-state index contributed by atoms with van der Waals surface area (Å²) >= 11 is 1.49. The number of carbonyl (C=O) groups is 2. The van der Waals surface area contributed by atoms with Crippen LogP contribution in [0.4, 0.5) is 0 Å². The van der Waals surface area contributed by atoms with E-state index in [2.05, 4.69) is 16.9 Å². The quantitative estimate of drug-likeness (QED) is 0.608. The minimum absolute atomic E-state index is 0.0564.